The van der Waals surface area contributed by atoms with Crippen molar-refractivity contribution in [3.05, 3.63) is 355 Å². The van der Waals surface area contributed by atoms with Gasteiger partial charge in [-0.25, -0.2) is 29.9 Å². The number of furan rings is 2. The third-order valence-corrected chi connectivity index (χ3v) is 21.2. The second kappa shape index (κ2) is 30.7. The molecule has 112 heavy (non-hydrogen) atoms. The van der Waals surface area contributed by atoms with E-state index in [1.807, 2.05) is 231 Å². The van der Waals surface area contributed by atoms with Gasteiger partial charge in [0.05, 0.1) is 34.5 Å². The van der Waals surface area contributed by atoms with E-state index in [0.717, 1.165) is 143 Å². The molecule has 19 rings (SSSR count). The molecule has 1 aliphatic heterocycles. The number of para-hydroxylation sites is 2. The van der Waals surface area contributed by atoms with E-state index in [-0.39, 0.29) is 0 Å². The summed E-state index contributed by atoms with van der Waals surface area (Å²) in [4.78, 5) is 28.8. The fraction of sp³-hybridized carbons (Fsp3) is 0.0612. The molecule has 534 valence electrons. The molecule has 0 radical (unpaired) electrons. The Hall–Kier alpha value is -13.9. The highest BCUT2D eigenvalue weighted by Gasteiger charge is 2.53. The number of halogens is 1. The molecular weight excluding hydrogens is 1440 g/mol. The number of aromatic nitrogens is 6. The van der Waals surface area contributed by atoms with Gasteiger partial charge in [-0.05, 0) is 138 Å². The summed E-state index contributed by atoms with van der Waals surface area (Å²) in [6, 6.07) is 118. The second-order valence-electron chi connectivity index (χ2n) is 28.2. The fourth-order valence-corrected chi connectivity index (χ4v) is 14.3. The molecule has 12 nitrogen and oxygen atoms in total. The van der Waals surface area contributed by atoms with Gasteiger partial charge in [-0.3, -0.25) is 0 Å². The highest BCUT2D eigenvalue weighted by Crippen LogP contribution is 2.45. The molecule has 0 saturated carbocycles. The molecular formula is C98H68BBrN8O4. The van der Waals surface area contributed by atoms with Crippen LogP contribution in [0.5, 0.6) is 0 Å². The highest BCUT2D eigenvalue weighted by molar-refractivity contribution is 9.10. The summed E-state index contributed by atoms with van der Waals surface area (Å²) in [6.45, 7) is 8.27. The molecule has 14 aromatic carbocycles. The third kappa shape index (κ3) is 14.5. The van der Waals surface area contributed by atoms with Gasteiger partial charge in [-0.2, -0.15) is 10.5 Å². The summed E-state index contributed by atoms with van der Waals surface area (Å²) < 4.78 is 27.1. The monoisotopic (exact) mass is 1510 g/mol. The summed E-state index contributed by atoms with van der Waals surface area (Å²) in [5.74, 6) is 3.87. The van der Waals surface area contributed by atoms with E-state index in [1.165, 1.54) is 0 Å². The van der Waals surface area contributed by atoms with Crippen molar-refractivity contribution < 1.29 is 18.1 Å². The van der Waals surface area contributed by atoms with Gasteiger partial charge in [0.2, 0.25) is 0 Å². The lowest BCUT2D eigenvalue weighted by atomic mass is 9.73. The van der Waals surface area contributed by atoms with Crippen LogP contribution < -0.4 is 5.46 Å². The lowest BCUT2D eigenvalue weighted by Gasteiger charge is -2.32. The van der Waals surface area contributed by atoms with Gasteiger partial charge in [-0.15, -0.1) is 0 Å². The molecule has 0 aliphatic carbocycles. The lowest BCUT2D eigenvalue weighted by molar-refractivity contribution is 0.00578. The van der Waals surface area contributed by atoms with E-state index >= 15 is 0 Å². The van der Waals surface area contributed by atoms with E-state index in [0.29, 0.717) is 46.1 Å². The molecule has 1 aliphatic rings. The van der Waals surface area contributed by atoms with Crippen molar-refractivity contribution in [2.45, 2.75) is 38.9 Å². The summed E-state index contributed by atoms with van der Waals surface area (Å²) in [5, 5.41) is 22.6. The third-order valence-electron chi connectivity index (χ3n) is 20.6. The van der Waals surface area contributed by atoms with E-state index < -0.39 is 18.3 Å². The molecule has 1 saturated heterocycles. The number of rotatable bonds is 12. The molecule has 1 fully saturated rings. The van der Waals surface area contributed by atoms with Gasteiger partial charge in [-0.1, -0.05) is 295 Å². The summed E-state index contributed by atoms with van der Waals surface area (Å²) in [5.41, 5.74) is 20.8. The fourth-order valence-electron chi connectivity index (χ4n) is 14.0. The zero-order valence-corrected chi connectivity index (χ0v) is 63.1. The van der Waals surface area contributed by atoms with Crippen LogP contribution in [0, 0.1) is 22.7 Å². The minimum atomic E-state index is -0.563. The predicted molar refractivity (Wildman–Crippen MR) is 453 cm³/mol. The first-order chi connectivity index (χ1) is 54.8. The maximum atomic E-state index is 9.22. The number of fused-ring (bicyclic) bond motifs is 6. The van der Waals surface area contributed by atoms with Crippen LogP contribution in [0.3, 0.4) is 0 Å². The van der Waals surface area contributed by atoms with Gasteiger partial charge in [0.25, 0.3) is 0 Å². The van der Waals surface area contributed by atoms with Crippen molar-refractivity contribution >= 4 is 72.4 Å². The molecule has 14 heteroatoms. The summed E-state index contributed by atoms with van der Waals surface area (Å²) >= 11 is 3.47. The van der Waals surface area contributed by atoms with Crippen LogP contribution in [0.4, 0.5) is 0 Å². The van der Waals surface area contributed by atoms with Crippen LogP contribution in [0.15, 0.2) is 353 Å². The Labute approximate surface area is 657 Å². The number of nitrogens with zero attached hydrogens (tertiary/aromatic N) is 8. The quantitative estimate of drug-likeness (QED) is 0.106. The normalized spacial score (nSPS) is 12.7. The Morgan fingerprint density at radius 2 is 0.562 bits per heavy atom. The minimum absolute atomic E-state index is 0.470. The lowest BCUT2D eigenvalue weighted by Crippen LogP contribution is -2.41. The zero-order valence-electron chi connectivity index (χ0n) is 61.5. The smallest absolute Gasteiger partial charge is 0.456 e. The summed E-state index contributed by atoms with van der Waals surface area (Å²) in [7, 11) is -0.563. The minimum Gasteiger partial charge on any atom is -0.456 e. The molecule has 0 spiro atoms. The van der Waals surface area contributed by atoms with Crippen LogP contribution in [-0.4, -0.2) is 48.2 Å². The molecule has 4 aromatic heterocycles. The average Bonchev–Trinajstić information content (AvgIpc) is 1.58. The van der Waals surface area contributed by atoms with Crippen molar-refractivity contribution in [3.8, 4) is 136 Å². The standard InChI is InChI=1S/C46H28N4O.C31H26BNO3.C21H14BrN3/c47-29-30-15-17-31(18-16-30)32-19-21-33(22-20-32)38-27-28-40-39-13-7-8-14-41(39)51-43(40)42(38)34-23-25-37(26-24-34)46-49-44(35-9-3-1-4-10-35)48-45(50-46)36-11-5-2-6-12-36;1-30(2)31(3,4)36-32(35-30)28-24(17-18-26-25-7-5-6-8-27(25)34-29(26)28)23-15-13-22(14-16-23)21-11-9-20(19-33)10-12-21;22-18-13-11-17(12-14-18)21-24-19(15-7-3-1-4-8-15)23-20(25-21)16-9-5-2-6-10-16/h1-28H;5-18H,1-4H3;1-14H. The summed E-state index contributed by atoms with van der Waals surface area (Å²) in [6.07, 6.45) is 0. The maximum Gasteiger partial charge on any atom is 0.499 e. The van der Waals surface area contributed by atoms with Crippen LogP contribution in [0.1, 0.15) is 38.8 Å². The number of nitriles is 2. The highest BCUT2D eigenvalue weighted by atomic mass is 79.9. The van der Waals surface area contributed by atoms with Crippen LogP contribution in [0.25, 0.3) is 168 Å². The predicted octanol–water partition coefficient (Wildman–Crippen LogP) is 24.4. The van der Waals surface area contributed by atoms with Gasteiger partial charge >= 0.3 is 7.12 Å². The maximum absolute atomic E-state index is 9.22. The first-order valence-electron chi connectivity index (χ1n) is 36.9. The van der Waals surface area contributed by atoms with Gasteiger partial charge < -0.3 is 18.1 Å². The molecule has 0 atom stereocenters. The zero-order chi connectivity index (χ0) is 76.3. The Morgan fingerprint density at radius 1 is 0.277 bits per heavy atom. The van der Waals surface area contributed by atoms with Crippen molar-refractivity contribution in [1.82, 2.24) is 29.9 Å². The SMILES string of the molecule is Brc1ccc(-c2nc(-c3ccccc3)nc(-c3ccccc3)n2)cc1.CC1(C)OB(c2c(-c3ccc(-c4ccc(C#N)cc4)cc3)ccc3c2oc2ccccc23)OC1(C)C.N#Cc1ccc(-c2ccc(-c3ccc4c(oc5ccccc54)c3-c3ccc(-c4nc(-c5ccccc5)nc(-c5ccccc5)n4)cc3)cc2)cc1. The Morgan fingerprint density at radius 3 is 0.946 bits per heavy atom. The van der Waals surface area contributed by atoms with E-state index in [4.69, 9.17) is 48.3 Å². The van der Waals surface area contributed by atoms with E-state index in [1.54, 1.807) is 0 Å². The Balaban J connectivity index is 0.000000130. The molecule has 0 unspecified atom stereocenters. The van der Waals surface area contributed by atoms with Crippen LogP contribution >= 0.6 is 15.9 Å². The first kappa shape index (κ1) is 71.1. The molecule has 5 heterocycles. The molecule has 0 bridgehead atoms. The van der Waals surface area contributed by atoms with Crippen LogP contribution in [0.2, 0.25) is 0 Å². The van der Waals surface area contributed by atoms with Crippen molar-refractivity contribution in [1.29, 1.82) is 10.5 Å². The van der Waals surface area contributed by atoms with E-state index in [9.17, 15) is 5.26 Å². The van der Waals surface area contributed by atoms with Crippen molar-refractivity contribution in [3.63, 3.8) is 0 Å². The Kier molecular flexibility index (Phi) is 19.5. The second-order valence-corrected chi connectivity index (χ2v) is 29.2. The van der Waals surface area contributed by atoms with Gasteiger partial charge in [0.1, 0.15) is 22.3 Å². The average molecular weight is 1510 g/mol. The number of benzene rings is 14. The Bertz CT molecular complexity index is 6420. The molecule has 0 amide bonds. The first-order valence-corrected chi connectivity index (χ1v) is 37.6. The number of hydrogen-bond acceptors (Lipinski definition) is 12. The van der Waals surface area contributed by atoms with Crippen molar-refractivity contribution in [2.24, 2.45) is 0 Å². The van der Waals surface area contributed by atoms with Crippen LogP contribution in [-0.2, 0) is 9.31 Å². The molecule has 18 aromatic rings. The number of hydrogen-bond donors (Lipinski definition) is 0. The topological polar surface area (TPSA) is 170 Å². The molecule has 0 N–H and O–H groups in total. The van der Waals surface area contributed by atoms with Gasteiger partial charge in [0, 0.05) is 70.4 Å². The van der Waals surface area contributed by atoms with Crippen molar-refractivity contribution in [2.75, 3.05) is 0 Å². The largest absolute Gasteiger partial charge is 0.499 e. The van der Waals surface area contributed by atoms with Gasteiger partial charge in [0.15, 0.2) is 34.9 Å². The van der Waals surface area contributed by atoms with E-state index in [2.05, 4.69) is 170 Å².